The first-order valence-corrected chi connectivity index (χ1v) is 10.1. The zero-order chi connectivity index (χ0) is 23.4. The first kappa shape index (κ1) is 21.9. The first-order valence-electron chi connectivity index (χ1n) is 10.1. The monoisotopic (exact) mass is 446 g/mol. The molecule has 4 aromatic rings. The first-order chi connectivity index (χ1) is 16.0. The van der Waals surface area contributed by atoms with Gasteiger partial charge < -0.3 is 24.9 Å². The lowest BCUT2D eigenvalue weighted by atomic mass is 10.1. The molecule has 0 saturated heterocycles. The molecule has 10 nitrogen and oxygen atoms in total. The Morgan fingerprint density at radius 3 is 2.55 bits per heavy atom. The summed E-state index contributed by atoms with van der Waals surface area (Å²) in [6, 6.07) is 14.2. The lowest BCUT2D eigenvalue weighted by Gasteiger charge is -2.10. The number of aliphatic hydroxyl groups is 1. The Hall–Kier alpha value is -4.31. The quantitative estimate of drug-likeness (QED) is 0.438. The van der Waals surface area contributed by atoms with Gasteiger partial charge in [0.15, 0.2) is 11.5 Å². The van der Waals surface area contributed by atoms with Crippen molar-refractivity contribution < 1.29 is 19.1 Å². The van der Waals surface area contributed by atoms with E-state index in [1.54, 1.807) is 56.6 Å². The number of nitrogens with zero attached hydrogens (tertiary/aromatic N) is 5. The van der Waals surface area contributed by atoms with Crippen LogP contribution < -0.4 is 10.5 Å². The number of amides is 1. The number of benzene rings is 2. The fourth-order valence-corrected chi connectivity index (χ4v) is 3.09. The molecular formula is C23H22N6O4. The fourth-order valence-electron chi connectivity index (χ4n) is 3.09. The minimum Gasteiger partial charge on any atom is -0.490 e. The number of hydrogen-bond acceptors (Lipinski definition) is 9. The van der Waals surface area contributed by atoms with Gasteiger partial charge in [-0.1, -0.05) is 24.3 Å². The van der Waals surface area contributed by atoms with Crippen LogP contribution in [0.3, 0.4) is 0 Å². The van der Waals surface area contributed by atoms with Crippen LogP contribution in [0.1, 0.15) is 10.4 Å². The van der Waals surface area contributed by atoms with E-state index in [2.05, 4.69) is 20.2 Å². The maximum absolute atomic E-state index is 12.1. The van der Waals surface area contributed by atoms with Crippen molar-refractivity contribution in [2.45, 2.75) is 0 Å². The molecule has 0 fully saturated rings. The normalized spacial score (nSPS) is 10.8. The largest absolute Gasteiger partial charge is 0.490 e. The van der Waals surface area contributed by atoms with Crippen LogP contribution in [0.5, 0.6) is 5.75 Å². The Labute approximate surface area is 189 Å². The van der Waals surface area contributed by atoms with Crippen molar-refractivity contribution in [1.82, 2.24) is 25.1 Å². The van der Waals surface area contributed by atoms with Crippen molar-refractivity contribution in [2.24, 2.45) is 0 Å². The van der Waals surface area contributed by atoms with Gasteiger partial charge >= 0.3 is 0 Å². The molecule has 2 heterocycles. The van der Waals surface area contributed by atoms with Gasteiger partial charge in [-0.2, -0.15) is 0 Å². The van der Waals surface area contributed by atoms with Crippen molar-refractivity contribution in [3.05, 3.63) is 60.3 Å². The lowest BCUT2D eigenvalue weighted by Crippen LogP contribution is -2.21. The summed E-state index contributed by atoms with van der Waals surface area (Å²) in [4.78, 5) is 22.4. The summed E-state index contributed by atoms with van der Waals surface area (Å²) in [6.45, 7) is 0.0179. The van der Waals surface area contributed by atoms with Gasteiger partial charge in [-0.25, -0.2) is 9.97 Å². The highest BCUT2D eigenvalue weighted by atomic mass is 16.5. The standard InChI is InChI=1S/C23H22N6O4/c1-29(2)23(31)15-9-7-14(8-10-15)17-13-25-20(24)19(26-17)22-28-27-21(33-22)16-5-3-4-6-18(16)32-12-11-30/h3-10,13,30H,11-12H2,1-2H3,(H2,24,25). The number of ether oxygens (including phenoxy) is 1. The number of anilines is 1. The topological polar surface area (TPSA) is 140 Å². The van der Waals surface area contributed by atoms with E-state index in [-0.39, 0.29) is 42.4 Å². The molecule has 0 aliphatic heterocycles. The third-order valence-electron chi connectivity index (χ3n) is 4.73. The minimum atomic E-state index is -0.118. The van der Waals surface area contributed by atoms with Gasteiger partial charge in [0.2, 0.25) is 0 Å². The molecule has 0 unspecified atom stereocenters. The fraction of sp³-hybridized carbons (Fsp3) is 0.174. The molecule has 2 aromatic heterocycles. The summed E-state index contributed by atoms with van der Waals surface area (Å²) in [6.07, 6.45) is 1.54. The molecule has 0 atom stereocenters. The zero-order valence-corrected chi connectivity index (χ0v) is 18.1. The Kier molecular flexibility index (Phi) is 6.27. The average molecular weight is 446 g/mol. The van der Waals surface area contributed by atoms with Gasteiger partial charge in [0, 0.05) is 25.2 Å². The number of para-hydroxylation sites is 1. The van der Waals surface area contributed by atoms with E-state index in [9.17, 15) is 4.79 Å². The molecule has 0 spiro atoms. The van der Waals surface area contributed by atoms with E-state index >= 15 is 0 Å². The Morgan fingerprint density at radius 1 is 1.09 bits per heavy atom. The van der Waals surface area contributed by atoms with Crippen LogP contribution in [-0.2, 0) is 0 Å². The van der Waals surface area contributed by atoms with Crippen LogP contribution in [0, 0.1) is 0 Å². The van der Waals surface area contributed by atoms with E-state index in [4.69, 9.17) is 20.0 Å². The molecule has 33 heavy (non-hydrogen) atoms. The lowest BCUT2D eigenvalue weighted by molar-refractivity contribution is 0.0827. The molecule has 0 bridgehead atoms. The van der Waals surface area contributed by atoms with Crippen LogP contribution in [0.4, 0.5) is 5.82 Å². The predicted molar refractivity (Wildman–Crippen MR) is 121 cm³/mol. The van der Waals surface area contributed by atoms with Crippen molar-refractivity contribution >= 4 is 11.7 Å². The highest BCUT2D eigenvalue weighted by Crippen LogP contribution is 2.32. The number of carbonyl (C=O) groups excluding carboxylic acids is 1. The summed E-state index contributed by atoms with van der Waals surface area (Å²) < 4.78 is 11.4. The maximum atomic E-state index is 12.1. The molecule has 0 radical (unpaired) electrons. The third-order valence-corrected chi connectivity index (χ3v) is 4.73. The Morgan fingerprint density at radius 2 is 1.82 bits per heavy atom. The second kappa shape index (κ2) is 9.45. The summed E-state index contributed by atoms with van der Waals surface area (Å²) in [5, 5.41) is 17.2. The van der Waals surface area contributed by atoms with Crippen molar-refractivity contribution in [1.29, 1.82) is 0 Å². The van der Waals surface area contributed by atoms with Gasteiger partial charge in [0.05, 0.1) is 24.1 Å². The van der Waals surface area contributed by atoms with Crippen LogP contribution in [0.25, 0.3) is 34.3 Å². The van der Waals surface area contributed by atoms with Crippen LogP contribution in [-0.4, -0.2) is 63.4 Å². The summed E-state index contributed by atoms with van der Waals surface area (Å²) in [5.41, 5.74) is 8.71. The molecule has 168 valence electrons. The Bertz CT molecular complexity index is 1270. The summed E-state index contributed by atoms with van der Waals surface area (Å²) >= 11 is 0. The number of aromatic nitrogens is 4. The number of aliphatic hydroxyl groups excluding tert-OH is 1. The van der Waals surface area contributed by atoms with Gasteiger partial charge in [0.1, 0.15) is 12.4 Å². The van der Waals surface area contributed by atoms with E-state index in [1.165, 1.54) is 11.1 Å². The van der Waals surface area contributed by atoms with E-state index in [0.29, 0.717) is 22.6 Å². The molecule has 0 aliphatic rings. The molecule has 2 aromatic carbocycles. The van der Waals surface area contributed by atoms with Crippen LogP contribution in [0.15, 0.2) is 59.1 Å². The number of carbonyl (C=O) groups is 1. The van der Waals surface area contributed by atoms with Gasteiger partial charge in [-0.15, -0.1) is 10.2 Å². The molecular weight excluding hydrogens is 424 g/mol. The van der Waals surface area contributed by atoms with Crippen molar-refractivity contribution in [3.8, 4) is 40.0 Å². The maximum Gasteiger partial charge on any atom is 0.270 e. The highest BCUT2D eigenvalue weighted by Gasteiger charge is 2.19. The van der Waals surface area contributed by atoms with Gasteiger partial charge in [-0.05, 0) is 24.3 Å². The highest BCUT2D eigenvalue weighted by molar-refractivity contribution is 5.94. The van der Waals surface area contributed by atoms with Crippen molar-refractivity contribution in [2.75, 3.05) is 33.0 Å². The Balaban J connectivity index is 1.65. The second-order valence-electron chi connectivity index (χ2n) is 7.25. The molecule has 1 amide bonds. The molecule has 10 heteroatoms. The molecule has 3 N–H and O–H groups in total. The van der Waals surface area contributed by atoms with E-state index in [1.807, 2.05) is 6.07 Å². The third kappa shape index (κ3) is 4.65. The van der Waals surface area contributed by atoms with E-state index < -0.39 is 0 Å². The molecule has 0 aliphatic carbocycles. The number of nitrogens with two attached hydrogens (primary N) is 1. The molecule has 0 saturated carbocycles. The van der Waals surface area contributed by atoms with Crippen LogP contribution in [0.2, 0.25) is 0 Å². The average Bonchev–Trinajstić information content (AvgIpc) is 3.32. The van der Waals surface area contributed by atoms with Gasteiger partial charge in [0.25, 0.3) is 17.7 Å². The van der Waals surface area contributed by atoms with E-state index in [0.717, 1.165) is 5.56 Å². The number of nitrogen functional groups attached to an aromatic ring is 1. The zero-order valence-electron chi connectivity index (χ0n) is 18.1. The van der Waals surface area contributed by atoms with Crippen molar-refractivity contribution in [3.63, 3.8) is 0 Å². The SMILES string of the molecule is CN(C)C(=O)c1ccc(-c2cnc(N)c(-c3nnc(-c4ccccc4OCCO)o3)n2)cc1. The second-order valence-corrected chi connectivity index (χ2v) is 7.25. The summed E-state index contributed by atoms with van der Waals surface area (Å²) in [7, 11) is 3.40. The smallest absolute Gasteiger partial charge is 0.270 e. The minimum absolute atomic E-state index is 0.0905. The van der Waals surface area contributed by atoms with Gasteiger partial charge in [-0.3, -0.25) is 4.79 Å². The van der Waals surface area contributed by atoms with Crippen LogP contribution >= 0.6 is 0 Å². The molecule has 4 rings (SSSR count). The number of rotatable bonds is 7. The predicted octanol–water partition coefficient (Wildman–Crippen LogP) is 2.52. The number of hydrogen-bond donors (Lipinski definition) is 2. The summed E-state index contributed by atoms with van der Waals surface area (Å²) in [5.74, 6) is 0.872.